The summed E-state index contributed by atoms with van der Waals surface area (Å²) in [6.07, 6.45) is 1.50. The molecule has 0 aliphatic carbocycles. The largest absolute Gasteiger partial charge is 0.495 e. The summed E-state index contributed by atoms with van der Waals surface area (Å²) in [5.74, 6) is 0.402. The lowest BCUT2D eigenvalue weighted by Gasteiger charge is -2.24. The summed E-state index contributed by atoms with van der Waals surface area (Å²) in [6, 6.07) is 3.59. The Hall–Kier alpha value is -1.33. The molecule has 1 aromatic rings. The smallest absolute Gasteiger partial charge is 0.244 e. The third-order valence-electron chi connectivity index (χ3n) is 2.92. The molecular formula is C15H23NO3S. The molecule has 20 heavy (non-hydrogen) atoms. The van der Waals surface area contributed by atoms with Crippen molar-refractivity contribution in [3.8, 4) is 5.75 Å². The number of methoxy groups -OCH3 is 1. The molecule has 0 heterocycles. The molecular weight excluding hydrogens is 274 g/mol. The first-order chi connectivity index (χ1) is 9.13. The summed E-state index contributed by atoms with van der Waals surface area (Å²) >= 11 is 0. The Kier molecular flexibility index (Phi) is 5.00. The van der Waals surface area contributed by atoms with Gasteiger partial charge in [-0.15, -0.1) is 6.58 Å². The van der Waals surface area contributed by atoms with E-state index in [9.17, 15) is 8.42 Å². The second-order valence-corrected chi connectivity index (χ2v) is 7.47. The monoisotopic (exact) mass is 297 g/mol. The molecule has 0 saturated heterocycles. The van der Waals surface area contributed by atoms with Gasteiger partial charge in [0.1, 0.15) is 10.6 Å². The number of hydrogen-bond donors (Lipinski definition) is 1. The zero-order valence-corrected chi connectivity index (χ0v) is 13.6. The van der Waals surface area contributed by atoms with E-state index < -0.39 is 10.0 Å². The van der Waals surface area contributed by atoms with E-state index >= 15 is 0 Å². The van der Waals surface area contributed by atoms with Gasteiger partial charge in [0.25, 0.3) is 0 Å². The predicted molar refractivity (Wildman–Crippen MR) is 81.8 cm³/mol. The minimum atomic E-state index is -3.62. The lowest BCUT2D eigenvalue weighted by atomic mass is 9.85. The number of ether oxygens (including phenoxy) is 1. The lowest BCUT2D eigenvalue weighted by Crippen LogP contribution is -2.25. The highest BCUT2D eigenvalue weighted by atomic mass is 32.2. The molecule has 5 heteroatoms. The molecule has 0 aliphatic heterocycles. The molecule has 0 aromatic heterocycles. The van der Waals surface area contributed by atoms with Crippen LogP contribution in [0.4, 0.5) is 0 Å². The van der Waals surface area contributed by atoms with Crippen LogP contribution >= 0.6 is 0 Å². The zero-order valence-electron chi connectivity index (χ0n) is 12.8. The van der Waals surface area contributed by atoms with Gasteiger partial charge in [0.15, 0.2) is 0 Å². The standard InChI is InChI=1S/C15H23NO3S/c1-7-8-16-20(17,18)13-10-11(2)9-12(14(13)19-6)15(3,4)5/h7,9-10,16H,1,8H2,2-6H3. The molecule has 0 atom stereocenters. The molecule has 0 fully saturated rings. The summed E-state index contributed by atoms with van der Waals surface area (Å²) < 4.78 is 32.6. The van der Waals surface area contributed by atoms with Crippen LogP contribution in [0.1, 0.15) is 31.9 Å². The average Bonchev–Trinajstić information content (AvgIpc) is 2.34. The molecule has 1 rings (SSSR count). The highest BCUT2D eigenvalue weighted by Gasteiger charge is 2.27. The molecule has 0 amide bonds. The van der Waals surface area contributed by atoms with Gasteiger partial charge in [0.05, 0.1) is 7.11 Å². The van der Waals surface area contributed by atoms with E-state index in [2.05, 4.69) is 11.3 Å². The quantitative estimate of drug-likeness (QED) is 0.850. The molecule has 4 nitrogen and oxygen atoms in total. The van der Waals surface area contributed by atoms with Crippen molar-refractivity contribution in [2.75, 3.05) is 13.7 Å². The van der Waals surface area contributed by atoms with Gasteiger partial charge in [0, 0.05) is 12.1 Å². The number of sulfonamides is 1. The third kappa shape index (κ3) is 3.61. The molecule has 1 aromatic carbocycles. The Morgan fingerprint density at radius 2 is 1.95 bits per heavy atom. The summed E-state index contributed by atoms with van der Waals surface area (Å²) in [5, 5.41) is 0. The van der Waals surface area contributed by atoms with Crippen LogP contribution < -0.4 is 9.46 Å². The van der Waals surface area contributed by atoms with Gasteiger partial charge in [-0.1, -0.05) is 32.9 Å². The summed E-state index contributed by atoms with van der Waals surface area (Å²) in [4.78, 5) is 0.173. The van der Waals surface area contributed by atoms with Crippen molar-refractivity contribution < 1.29 is 13.2 Å². The molecule has 0 radical (unpaired) electrons. The second kappa shape index (κ2) is 5.97. The molecule has 112 valence electrons. The predicted octanol–water partition coefficient (Wildman–Crippen LogP) is 2.77. The SMILES string of the molecule is C=CCNS(=O)(=O)c1cc(C)cc(C(C)(C)C)c1OC. The Morgan fingerprint density at radius 1 is 1.35 bits per heavy atom. The highest BCUT2D eigenvalue weighted by Crippen LogP contribution is 2.37. The summed E-state index contributed by atoms with van der Waals surface area (Å²) in [6.45, 7) is 11.7. The van der Waals surface area contributed by atoms with Gasteiger partial charge in [-0.3, -0.25) is 0 Å². The van der Waals surface area contributed by atoms with Gasteiger partial charge in [-0.2, -0.15) is 0 Å². The summed E-state index contributed by atoms with van der Waals surface area (Å²) in [7, 11) is -2.12. The van der Waals surface area contributed by atoms with Crippen LogP contribution in [0.5, 0.6) is 5.75 Å². The fourth-order valence-electron chi connectivity index (χ4n) is 1.95. The Bertz CT molecular complexity index is 598. The molecule has 0 aliphatic rings. The maximum Gasteiger partial charge on any atom is 0.244 e. The third-order valence-corrected chi connectivity index (χ3v) is 4.35. The number of aryl methyl sites for hydroxylation is 1. The van der Waals surface area contributed by atoms with Gasteiger partial charge in [-0.25, -0.2) is 13.1 Å². The van der Waals surface area contributed by atoms with Crippen molar-refractivity contribution in [2.45, 2.75) is 38.0 Å². The number of nitrogens with one attached hydrogen (secondary N) is 1. The topological polar surface area (TPSA) is 55.4 Å². The van der Waals surface area contributed by atoms with Crippen LogP contribution in [0.15, 0.2) is 29.7 Å². The van der Waals surface area contributed by atoms with E-state index in [0.29, 0.717) is 5.75 Å². The second-order valence-electron chi connectivity index (χ2n) is 5.73. The Morgan fingerprint density at radius 3 is 2.40 bits per heavy atom. The van der Waals surface area contributed by atoms with Crippen LogP contribution in [0.3, 0.4) is 0 Å². The van der Waals surface area contributed by atoms with Crippen molar-refractivity contribution in [1.29, 1.82) is 0 Å². The maximum atomic E-state index is 12.4. The van der Waals surface area contributed by atoms with Gasteiger partial charge < -0.3 is 4.74 Å². The van der Waals surface area contributed by atoms with Crippen molar-refractivity contribution in [2.24, 2.45) is 0 Å². The first kappa shape index (κ1) is 16.7. The Labute approximate surface area is 121 Å². The molecule has 0 spiro atoms. The number of hydrogen-bond acceptors (Lipinski definition) is 3. The molecule has 0 bridgehead atoms. The van der Waals surface area contributed by atoms with Gasteiger partial charge in [-0.05, 0) is 24.0 Å². The fraction of sp³-hybridized carbons (Fsp3) is 0.467. The first-order valence-electron chi connectivity index (χ1n) is 6.43. The molecule has 1 N–H and O–H groups in total. The fourth-order valence-corrected chi connectivity index (χ4v) is 3.22. The van der Waals surface area contributed by atoms with Crippen molar-refractivity contribution >= 4 is 10.0 Å². The summed E-state index contributed by atoms with van der Waals surface area (Å²) in [5.41, 5.74) is 1.55. The van der Waals surface area contributed by atoms with Crippen LogP contribution in [0, 0.1) is 6.92 Å². The first-order valence-corrected chi connectivity index (χ1v) is 7.91. The Balaban J connectivity index is 3.55. The van der Waals surface area contributed by atoms with Crippen molar-refractivity contribution in [1.82, 2.24) is 4.72 Å². The minimum Gasteiger partial charge on any atom is -0.495 e. The average molecular weight is 297 g/mol. The lowest BCUT2D eigenvalue weighted by molar-refractivity contribution is 0.385. The van der Waals surface area contributed by atoms with E-state index in [1.165, 1.54) is 13.2 Å². The van der Waals surface area contributed by atoms with E-state index in [1.54, 1.807) is 6.07 Å². The van der Waals surface area contributed by atoms with Crippen molar-refractivity contribution in [3.05, 3.63) is 35.9 Å². The van der Waals surface area contributed by atoms with Gasteiger partial charge in [0.2, 0.25) is 10.0 Å². The molecule has 0 unspecified atom stereocenters. The number of rotatable bonds is 5. The van der Waals surface area contributed by atoms with Crippen LogP contribution in [-0.4, -0.2) is 22.1 Å². The van der Waals surface area contributed by atoms with Crippen LogP contribution in [0.25, 0.3) is 0 Å². The van der Waals surface area contributed by atoms with E-state index in [1.807, 2.05) is 33.8 Å². The van der Waals surface area contributed by atoms with E-state index in [0.717, 1.165) is 11.1 Å². The van der Waals surface area contributed by atoms with Crippen LogP contribution in [-0.2, 0) is 15.4 Å². The number of benzene rings is 1. The maximum absolute atomic E-state index is 12.4. The van der Waals surface area contributed by atoms with Crippen LogP contribution in [0.2, 0.25) is 0 Å². The van der Waals surface area contributed by atoms with Gasteiger partial charge >= 0.3 is 0 Å². The minimum absolute atomic E-state index is 0.173. The normalized spacial score (nSPS) is 12.2. The molecule has 0 saturated carbocycles. The highest BCUT2D eigenvalue weighted by molar-refractivity contribution is 7.89. The van der Waals surface area contributed by atoms with E-state index in [4.69, 9.17) is 4.74 Å². The van der Waals surface area contributed by atoms with Crippen molar-refractivity contribution in [3.63, 3.8) is 0 Å². The zero-order chi connectivity index (χ0) is 15.6. The van der Waals surface area contributed by atoms with E-state index in [-0.39, 0.29) is 16.9 Å².